The lowest BCUT2D eigenvalue weighted by molar-refractivity contribution is -0.150. The minimum absolute atomic E-state index is 0.0182. The molecule has 3 fully saturated rings. The highest BCUT2D eigenvalue weighted by Crippen LogP contribution is 2.44. The average molecular weight is 346 g/mol. The van der Waals surface area contributed by atoms with Gasteiger partial charge in [0.15, 0.2) is 0 Å². The molecule has 0 aromatic heterocycles. The zero-order valence-corrected chi connectivity index (χ0v) is 16.8. The van der Waals surface area contributed by atoms with Crippen LogP contribution in [0.3, 0.4) is 0 Å². The Balaban J connectivity index is 1.42. The van der Waals surface area contributed by atoms with Crippen molar-refractivity contribution in [2.45, 2.75) is 98.0 Å². The van der Waals surface area contributed by atoms with E-state index in [9.17, 15) is 4.79 Å². The van der Waals surface area contributed by atoms with Crippen molar-refractivity contribution in [1.29, 1.82) is 0 Å². The maximum Gasteiger partial charge on any atom is 0.313 e. The van der Waals surface area contributed by atoms with Gasteiger partial charge in [-0.1, -0.05) is 40.5 Å². The highest BCUT2D eigenvalue weighted by molar-refractivity contribution is 5.84. The van der Waals surface area contributed by atoms with Crippen LogP contribution in [0.5, 0.6) is 0 Å². The summed E-state index contributed by atoms with van der Waals surface area (Å²) in [6, 6.07) is 0. The van der Waals surface area contributed by atoms with E-state index < -0.39 is 0 Å². The number of carbonyl (C=O) groups is 1. The van der Waals surface area contributed by atoms with Gasteiger partial charge in [0.2, 0.25) is 0 Å². The van der Waals surface area contributed by atoms with Crippen LogP contribution in [0.15, 0.2) is 0 Å². The number of carbonyl (C=O) groups excluding carboxylic acids is 1. The Morgan fingerprint density at radius 2 is 1.44 bits per heavy atom. The smallest absolute Gasteiger partial charge is 0.313 e. The van der Waals surface area contributed by atoms with Crippen molar-refractivity contribution in [2.75, 3.05) is 0 Å². The van der Waals surface area contributed by atoms with Gasteiger partial charge < -0.3 is 4.74 Å². The molecule has 0 heterocycles. The van der Waals surface area contributed by atoms with Crippen molar-refractivity contribution in [1.82, 2.24) is 0 Å². The van der Waals surface area contributed by atoms with E-state index in [1.54, 1.807) is 11.8 Å². The molecule has 0 aliphatic heterocycles. The molecule has 2 nitrogen and oxygen atoms in total. The molecule has 3 radical (unpaired) electrons. The Morgan fingerprint density at radius 3 is 2.00 bits per heavy atom. The highest BCUT2D eigenvalue weighted by atomic mass is 16.5. The summed E-state index contributed by atoms with van der Waals surface area (Å²) in [6.45, 7) is 9.18. The Hall–Kier alpha value is -0.530. The minimum Gasteiger partial charge on any atom is -0.462 e. The summed E-state index contributed by atoms with van der Waals surface area (Å²) in [5, 5.41) is 0. The van der Waals surface area contributed by atoms with Crippen molar-refractivity contribution in [3.63, 3.8) is 0 Å². The van der Waals surface area contributed by atoms with Crippen LogP contribution < -0.4 is 0 Å². The van der Waals surface area contributed by atoms with E-state index in [4.69, 9.17) is 4.74 Å². The Bertz CT molecular complexity index is 417. The van der Waals surface area contributed by atoms with Gasteiger partial charge in [0.05, 0.1) is 5.92 Å². The Kier molecular flexibility index (Phi) is 6.49. The van der Waals surface area contributed by atoms with Crippen molar-refractivity contribution in [3.05, 3.63) is 17.8 Å². The summed E-state index contributed by atoms with van der Waals surface area (Å²) in [7, 11) is 0. The topological polar surface area (TPSA) is 26.3 Å². The number of hydrogen-bond donors (Lipinski definition) is 0. The van der Waals surface area contributed by atoms with Gasteiger partial charge in [-0.25, -0.2) is 0 Å². The predicted octanol–water partition coefficient (Wildman–Crippen LogP) is 6.11. The van der Waals surface area contributed by atoms with E-state index >= 15 is 0 Å². The molecule has 25 heavy (non-hydrogen) atoms. The van der Waals surface area contributed by atoms with Crippen molar-refractivity contribution in [3.8, 4) is 0 Å². The Morgan fingerprint density at radius 1 is 0.880 bits per heavy atom. The van der Waals surface area contributed by atoms with Crippen LogP contribution >= 0.6 is 0 Å². The van der Waals surface area contributed by atoms with Crippen LogP contribution in [0.2, 0.25) is 0 Å². The molecule has 0 aromatic rings. The fraction of sp³-hybridized carbons (Fsp3) is 0.826. The van der Waals surface area contributed by atoms with Gasteiger partial charge in [0.25, 0.3) is 0 Å². The molecule has 0 aromatic carbocycles. The first-order valence-electron chi connectivity index (χ1n) is 10.7. The molecule has 0 amide bonds. The van der Waals surface area contributed by atoms with Crippen LogP contribution in [0.4, 0.5) is 0 Å². The highest BCUT2D eigenvalue weighted by Gasteiger charge is 2.36. The summed E-state index contributed by atoms with van der Waals surface area (Å²) >= 11 is 0. The van der Waals surface area contributed by atoms with Gasteiger partial charge in [-0.15, -0.1) is 0 Å². The molecule has 2 heteroatoms. The average Bonchev–Trinajstić information content (AvgIpc) is 2.60. The molecule has 0 bridgehead atoms. The van der Waals surface area contributed by atoms with Crippen LogP contribution in [-0.4, -0.2) is 12.1 Å². The zero-order valence-electron chi connectivity index (χ0n) is 16.8. The van der Waals surface area contributed by atoms with Gasteiger partial charge in [-0.3, -0.25) is 4.79 Å². The van der Waals surface area contributed by atoms with E-state index in [0.717, 1.165) is 43.4 Å². The molecule has 2 unspecified atom stereocenters. The molecule has 0 saturated heterocycles. The van der Waals surface area contributed by atoms with E-state index in [0.29, 0.717) is 11.8 Å². The monoisotopic (exact) mass is 345 g/mol. The molecular weight excluding hydrogens is 308 g/mol. The molecule has 3 aliphatic carbocycles. The summed E-state index contributed by atoms with van der Waals surface area (Å²) in [6.07, 6.45) is 11.8. The fourth-order valence-corrected chi connectivity index (χ4v) is 5.19. The lowest BCUT2D eigenvalue weighted by Gasteiger charge is -2.38. The van der Waals surface area contributed by atoms with E-state index in [1.165, 1.54) is 38.5 Å². The van der Waals surface area contributed by atoms with E-state index in [1.807, 2.05) is 0 Å². The summed E-state index contributed by atoms with van der Waals surface area (Å²) in [5.74, 6) is 7.28. The van der Waals surface area contributed by atoms with Crippen molar-refractivity contribution in [2.24, 2.45) is 23.7 Å². The molecule has 2 atom stereocenters. The summed E-state index contributed by atoms with van der Waals surface area (Å²) in [5.41, 5.74) is 0. The summed E-state index contributed by atoms with van der Waals surface area (Å²) in [4.78, 5) is 12.6. The predicted molar refractivity (Wildman–Crippen MR) is 102 cm³/mol. The number of esters is 1. The standard InChI is InChI=1S/C23H37O2/c1-15-5-7-19(8-6-15)20-9-11-21(12-10-20)23(24)25-22-13-16(2)18(4)17(3)14-22/h15-17,20,22H,5-14H2,1-4H3. The second-order valence-electron chi connectivity index (χ2n) is 9.26. The zero-order chi connectivity index (χ0) is 18.0. The second-order valence-corrected chi connectivity index (χ2v) is 9.26. The molecule has 3 saturated carbocycles. The third kappa shape index (κ3) is 4.80. The van der Waals surface area contributed by atoms with Crippen molar-refractivity contribution >= 4 is 5.97 Å². The van der Waals surface area contributed by atoms with Crippen LogP contribution in [0.25, 0.3) is 0 Å². The largest absolute Gasteiger partial charge is 0.462 e. The van der Waals surface area contributed by atoms with Crippen LogP contribution in [0.1, 0.15) is 91.9 Å². The van der Waals surface area contributed by atoms with Crippen LogP contribution in [-0.2, 0) is 9.53 Å². The number of hydrogen-bond acceptors (Lipinski definition) is 2. The minimum atomic E-state index is 0.0182. The van der Waals surface area contributed by atoms with Gasteiger partial charge in [0, 0.05) is 0 Å². The maximum absolute atomic E-state index is 12.6. The third-order valence-corrected chi connectivity index (χ3v) is 7.43. The molecule has 0 spiro atoms. The van der Waals surface area contributed by atoms with Gasteiger partial charge >= 0.3 is 5.97 Å². The normalized spacial score (nSPS) is 35.0. The Labute approximate surface area is 155 Å². The van der Waals surface area contributed by atoms with E-state index in [2.05, 4.69) is 27.7 Å². The van der Waals surface area contributed by atoms with Crippen molar-refractivity contribution < 1.29 is 9.53 Å². The molecule has 3 aliphatic rings. The van der Waals surface area contributed by atoms with Gasteiger partial charge in [0.1, 0.15) is 6.10 Å². The lowest BCUT2D eigenvalue weighted by atomic mass is 9.69. The third-order valence-electron chi connectivity index (χ3n) is 7.43. The fourth-order valence-electron chi connectivity index (χ4n) is 5.19. The van der Waals surface area contributed by atoms with Gasteiger partial charge in [-0.2, -0.15) is 0 Å². The molecule has 3 rings (SSSR count). The molecule has 141 valence electrons. The van der Waals surface area contributed by atoms with Gasteiger partial charge in [-0.05, 0) is 86.9 Å². The first-order chi connectivity index (χ1) is 11.9. The van der Waals surface area contributed by atoms with Crippen LogP contribution in [0, 0.1) is 41.4 Å². The quantitative estimate of drug-likeness (QED) is 0.577. The number of rotatable bonds is 3. The SMILES string of the molecule is C[C]1C(C)CC(OC(=O)[C]2CCC([C]3CCC(C)CC3)CC2)CC1C. The maximum atomic E-state index is 12.6. The first kappa shape index (κ1) is 19.2. The second kappa shape index (κ2) is 8.44. The lowest BCUT2D eigenvalue weighted by Crippen LogP contribution is -2.35. The molecular formula is C23H37O2. The summed E-state index contributed by atoms with van der Waals surface area (Å²) < 4.78 is 5.92. The molecule has 0 N–H and O–H groups in total. The first-order valence-corrected chi connectivity index (χ1v) is 10.7. The number of ether oxygens (including phenoxy) is 1. The van der Waals surface area contributed by atoms with E-state index in [-0.39, 0.29) is 12.1 Å².